The number of nitrogens with two attached hydrogens (primary N) is 1. The number of hydrogen-bond acceptors (Lipinski definition) is 2. The van der Waals surface area contributed by atoms with Gasteiger partial charge in [0.15, 0.2) is 0 Å². The van der Waals surface area contributed by atoms with Crippen LogP contribution < -0.4 is 5.73 Å². The van der Waals surface area contributed by atoms with Gasteiger partial charge in [0.2, 0.25) is 0 Å². The zero-order valence-corrected chi connectivity index (χ0v) is 7.55. The van der Waals surface area contributed by atoms with Crippen molar-refractivity contribution in [3.05, 3.63) is 35.1 Å². The zero-order chi connectivity index (χ0) is 11.6. The lowest BCUT2D eigenvalue weighted by atomic mass is 10.0. The highest BCUT2D eigenvalue weighted by Crippen LogP contribution is 2.33. The maximum atomic E-state index is 13.3. The average molecular weight is 223 g/mol. The van der Waals surface area contributed by atoms with Crippen molar-refractivity contribution in [2.45, 2.75) is 12.3 Å². The summed E-state index contributed by atoms with van der Waals surface area (Å²) in [5.74, 6) is -1.47. The molecule has 1 aromatic rings. The molecule has 0 fully saturated rings. The highest BCUT2D eigenvalue weighted by Gasteiger charge is 2.35. The molecule has 15 heavy (non-hydrogen) atoms. The Balaban J connectivity index is 3.23. The van der Waals surface area contributed by atoms with Crippen molar-refractivity contribution < 1.29 is 22.7 Å². The number of aliphatic hydroxyl groups excluding tert-OH is 1. The third-order valence-corrected chi connectivity index (χ3v) is 1.92. The van der Waals surface area contributed by atoms with Gasteiger partial charge in [0.25, 0.3) is 0 Å². The van der Waals surface area contributed by atoms with E-state index in [1.54, 1.807) is 0 Å². The van der Waals surface area contributed by atoms with E-state index in [1.807, 2.05) is 0 Å². The lowest BCUT2D eigenvalue weighted by Gasteiger charge is -2.13. The molecule has 1 aromatic carbocycles. The molecule has 3 N–H and O–H groups in total. The van der Waals surface area contributed by atoms with Crippen molar-refractivity contribution in [2.24, 2.45) is 5.73 Å². The molecule has 0 radical (unpaired) electrons. The molecule has 0 amide bonds. The van der Waals surface area contributed by atoms with Crippen LogP contribution in [0.1, 0.15) is 17.2 Å². The standard InChI is InChI=1S/C9H9F4NO/c10-8-5(7(15)4-14)2-1-3-6(8)9(11,12)13/h1-3,7,15H,4,14H2/t7-/m1/s1. The van der Waals surface area contributed by atoms with Crippen molar-refractivity contribution in [2.75, 3.05) is 6.54 Å². The van der Waals surface area contributed by atoms with Crippen LogP contribution in [0.4, 0.5) is 17.6 Å². The predicted octanol–water partition coefficient (Wildman–Crippen LogP) is 1.84. The van der Waals surface area contributed by atoms with Crippen molar-refractivity contribution in [3.8, 4) is 0 Å². The number of halogens is 4. The summed E-state index contributed by atoms with van der Waals surface area (Å²) in [7, 11) is 0. The van der Waals surface area contributed by atoms with Gasteiger partial charge < -0.3 is 10.8 Å². The fraction of sp³-hybridized carbons (Fsp3) is 0.333. The van der Waals surface area contributed by atoms with Crippen molar-refractivity contribution in [3.63, 3.8) is 0 Å². The van der Waals surface area contributed by atoms with E-state index >= 15 is 0 Å². The molecule has 0 heterocycles. The van der Waals surface area contributed by atoms with E-state index in [2.05, 4.69) is 0 Å². The van der Waals surface area contributed by atoms with Gasteiger partial charge in [-0.25, -0.2) is 4.39 Å². The van der Waals surface area contributed by atoms with Crippen molar-refractivity contribution in [1.82, 2.24) is 0 Å². The monoisotopic (exact) mass is 223 g/mol. The number of hydrogen-bond donors (Lipinski definition) is 2. The van der Waals surface area contributed by atoms with Crippen LogP contribution in [0.25, 0.3) is 0 Å². The van der Waals surface area contributed by atoms with Crippen LogP contribution in [0.2, 0.25) is 0 Å². The van der Waals surface area contributed by atoms with Gasteiger partial charge in [-0.3, -0.25) is 0 Å². The van der Waals surface area contributed by atoms with E-state index in [1.165, 1.54) is 0 Å². The maximum absolute atomic E-state index is 13.3. The van der Waals surface area contributed by atoms with Crippen LogP contribution in [0.3, 0.4) is 0 Å². The SMILES string of the molecule is NC[C@@H](O)c1cccc(C(F)(F)F)c1F. The molecule has 1 rings (SSSR count). The molecular formula is C9H9F4NO. The van der Waals surface area contributed by atoms with E-state index in [4.69, 9.17) is 10.8 Å². The summed E-state index contributed by atoms with van der Waals surface area (Å²) >= 11 is 0. The third-order valence-electron chi connectivity index (χ3n) is 1.92. The van der Waals surface area contributed by atoms with Gasteiger partial charge in [0.1, 0.15) is 5.82 Å². The minimum absolute atomic E-state index is 0.335. The van der Waals surface area contributed by atoms with Gasteiger partial charge in [-0.05, 0) is 6.07 Å². The number of alkyl halides is 3. The van der Waals surface area contributed by atoms with E-state index in [-0.39, 0.29) is 6.54 Å². The maximum Gasteiger partial charge on any atom is 0.419 e. The van der Waals surface area contributed by atoms with Crippen LogP contribution in [0, 0.1) is 5.82 Å². The number of rotatable bonds is 2. The van der Waals surface area contributed by atoms with Crippen LogP contribution in [0.15, 0.2) is 18.2 Å². The normalized spacial score (nSPS) is 14.0. The fourth-order valence-electron chi connectivity index (χ4n) is 1.15. The quantitative estimate of drug-likeness (QED) is 0.751. The Morgan fingerprint density at radius 1 is 1.33 bits per heavy atom. The first kappa shape index (κ1) is 11.9. The summed E-state index contributed by atoms with van der Waals surface area (Å²) in [6.45, 7) is -0.335. The van der Waals surface area contributed by atoms with Gasteiger partial charge in [-0.15, -0.1) is 0 Å². The summed E-state index contributed by atoms with van der Waals surface area (Å²) in [6.07, 6.45) is -6.19. The molecule has 0 saturated heterocycles. The average Bonchev–Trinajstić information content (AvgIpc) is 2.15. The van der Waals surface area contributed by atoms with Crippen molar-refractivity contribution in [1.29, 1.82) is 0 Å². The van der Waals surface area contributed by atoms with Gasteiger partial charge >= 0.3 is 6.18 Å². The Morgan fingerprint density at radius 3 is 2.40 bits per heavy atom. The Bertz CT molecular complexity index is 350. The second-order valence-electron chi connectivity index (χ2n) is 2.96. The molecule has 0 bridgehead atoms. The molecule has 84 valence electrons. The van der Waals surface area contributed by atoms with E-state index in [0.29, 0.717) is 6.07 Å². The highest BCUT2D eigenvalue weighted by molar-refractivity contribution is 5.29. The second-order valence-corrected chi connectivity index (χ2v) is 2.96. The summed E-state index contributed by atoms with van der Waals surface area (Å²) in [6, 6.07) is 2.71. The van der Waals surface area contributed by atoms with Gasteiger partial charge in [0, 0.05) is 12.1 Å². The minimum Gasteiger partial charge on any atom is -0.387 e. The second kappa shape index (κ2) is 4.16. The summed E-state index contributed by atoms with van der Waals surface area (Å²) in [5.41, 5.74) is 3.20. The van der Waals surface area contributed by atoms with Crippen LogP contribution in [-0.2, 0) is 6.18 Å². The molecule has 0 spiro atoms. The van der Waals surface area contributed by atoms with E-state index < -0.39 is 29.2 Å². The Kier molecular flexibility index (Phi) is 3.31. The predicted molar refractivity (Wildman–Crippen MR) is 45.4 cm³/mol. The summed E-state index contributed by atoms with van der Waals surface area (Å²) in [5, 5.41) is 9.17. The minimum atomic E-state index is -4.77. The molecule has 2 nitrogen and oxygen atoms in total. The first-order chi connectivity index (χ1) is 6.88. The highest BCUT2D eigenvalue weighted by atomic mass is 19.4. The molecule has 1 atom stereocenters. The number of aliphatic hydroxyl groups is 1. The topological polar surface area (TPSA) is 46.2 Å². The Labute approximate surface area is 83.3 Å². The third kappa shape index (κ3) is 2.45. The molecule has 0 saturated carbocycles. The van der Waals surface area contributed by atoms with E-state index in [9.17, 15) is 17.6 Å². The largest absolute Gasteiger partial charge is 0.419 e. The molecule has 6 heteroatoms. The summed E-state index contributed by atoms with van der Waals surface area (Å²) in [4.78, 5) is 0. The van der Waals surface area contributed by atoms with Gasteiger partial charge in [-0.1, -0.05) is 12.1 Å². The Hall–Kier alpha value is -1.14. The van der Waals surface area contributed by atoms with Gasteiger partial charge in [-0.2, -0.15) is 13.2 Å². The molecule has 0 aromatic heterocycles. The van der Waals surface area contributed by atoms with Crippen LogP contribution >= 0.6 is 0 Å². The van der Waals surface area contributed by atoms with Gasteiger partial charge in [0.05, 0.1) is 11.7 Å². The first-order valence-electron chi connectivity index (χ1n) is 4.11. The number of benzene rings is 1. The van der Waals surface area contributed by atoms with E-state index in [0.717, 1.165) is 12.1 Å². The summed E-state index contributed by atoms with van der Waals surface area (Å²) < 4.78 is 50.0. The smallest absolute Gasteiger partial charge is 0.387 e. The molecular weight excluding hydrogens is 214 g/mol. The molecule has 0 unspecified atom stereocenters. The van der Waals surface area contributed by atoms with Crippen LogP contribution in [0.5, 0.6) is 0 Å². The first-order valence-corrected chi connectivity index (χ1v) is 4.11. The molecule has 0 aliphatic rings. The molecule has 0 aliphatic carbocycles. The fourth-order valence-corrected chi connectivity index (χ4v) is 1.15. The van der Waals surface area contributed by atoms with Crippen LogP contribution in [-0.4, -0.2) is 11.7 Å². The zero-order valence-electron chi connectivity index (χ0n) is 7.55. The van der Waals surface area contributed by atoms with Crippen molar-refractivity contribution >= 4 is 0 Å². The lowest BCUT2D eigenvalue weighted by molar-refractivity contribution is -0.140. The lowest BCUT2D eigenvalue weighted by Crippen LogP contribution is -2.16. The Morgan fingerprint density at radius 2 is 1.93 bits per heavy atom. The molecule has 0 aliphatic heterocycles.